The monoisotopic (exact) mass is 347 g/mol. The maximum atomic E-state index is 12.4. The number of ether oxygens (including phenoxy) is 2. The van der Waals surface area contributed by atoms with Crippen molar-refractivity contribution in [2.75, 3.05) is 12.4 Å². The van der Waals surface area contributed by atoms with Crippen molar-refractivity contribution >= 4 is 28.2 Å². The first kappa shape index (κ1) is 18.0. The van der Waals surface area contributed by atoms with Crippen molar-refractivity contribution in [1.82, 2.24) is 0 Å². The number of carbonyl (C=O) groups excluding carboxylic acids is 2. The molecule has 0 atom stereocenters. The van der Waals surface area contributed by atoms with Crippen LogP contribution in [0.5, 0.6) is 11.5 Å². The van der Waals surface area contributed by atoms with E-state index in [0.29, 0.717) is 21.4 Å². The molecular formula is C18H21NO4S. The molecular weight excluding hydrogens is 326 g/mol. The Kier molecular flexibility index (Phi) is 5.29. The van der Waals surface area contributed by atoms with Crippen LogP contribution in [0.4, 0.5) is 5.00 Å². The van der Waals surface area contributed by atoms with E-state index in [-0.39, 0.29) is 5.91 Å². The second-order valence-corrected chi connectivity index (χ2v) is 7.42. The number of carbonyl (C=O) groups is 2. The largest absolute Gasteiger partial charge is 0.493 e. The highest BCUT2D eigenvalue weighted by atomic mass is 32.1. The third-order valence-electron chi connectivity index (χ3n) is 3.29. The van der Waals surface area contributed by atoms with Gasteiger partial charge in [-0.15, -0.1) is 11.3 Å². The second kappa shape index (κ2) is 7.05. The number of rotatable bonds is 4. The average Bonchev–Trinajstić information content (AvgIpc) is 2.87. The van der Waals surface area contributed by atoms with Gasteiger partial charge in [0.1, 0.15) is 4.88 Å². The Balaban J connectivity index is 2.17. The van der Waals surface area contributed by atoms with Crippen LogP contribution >= 0.6 is 11.3 Å². The summed E-state index contributed by atoms with van der Waals surface area (Å²) in [6, 6.07) is 8.72. The van der Waals surface area contributed by atoms with Crippen molar-refractivity contribution < 1.29 is 19.1 Å². The van der Waals surface area contributed by atoms with Gasteiger partial charge in [-0.3, -0.25) is 4.79 Å². The zero-order valence-electron chi connectivity index (χ0n) is 14.4. The van der Waals surface area contributed by atoms with Gasteiger partial charge in [0, 0.05) is 5.41 Å². The van der Waals surface area contributed by atoms with Crippen LogP contribution in [0.25, 0.3) is 0 Å². The van der Waals surface area contributed by atoms with E-state index in [1.54, 1.807) is 30.3 Å². The number of methoxy groups -OCH3 is 1. The Morgan fingerprint density at radius 2 is 1.75 bits per heavy atom. The topological polar surface area (TPSA) is 64.6 Å². The smallest absolute Gasteiger partial charge is 0.354 e. The van der Waals surface area contributed by atoms with Crippen LogP contribution < -0.4 is 14.8 Å². The molecule has 0 fully saturated rings. The molecule has 128 valence electrons. The number of amides is 1. The predicted molar refractivity (Wildman–Crippen MR) is 95.1 cm³/mol. The minimum absolute atomic E-state index is 0.103. The molecule has 0 bridgehead atoms. The highest BCUT2D eigenvalue weighted by molar-refractivity contribution is 7.18. The summed E-state index contributed by atoms with van der Waals surface area (Å²) in [7, 11) is 1.52. The number of benzene rings is 1. The molecule has 0 aliphatic carbocycles. The molecule has 2 aromatic rings. The second-order valence-electron chi connectivity index (χ2n) is 6.37. The van der Waals surface area contributed by atoms with E-state index in [2.05, 4.69) is 5.32 Å². The zero-order chi connectivity index (χ0) is 17.9. The van der Waals surface area contributed by atoms with Gasteiger partial charge in [-0.05, 0) is 30.7 Å². The molecule has 0 saturated carbocycles. The summed E-state index contributed by atoms with van der Waals surface area (Å²) in [4.78, 5) is 24.9. The summed E-state index contributed by atoms with van der Waals surface area (Å²) < 4.78 is 10.6. The third-order valence-corrected chi connectivity index (χ3v) is 4.43. The van der Waals surface area contributed by atoms with Crippen molar-refractivity contribution in [3.63, 3.8) is 0 Å². The van der Waals surface area contributed by atoms with Gasteiger partial charge >= 0.3 is 5.97 Å². The van der Waals surface area contributed by atoms with Gasteiger partial charge < -0.3 is 14.8 Å². The molecule has 5 nitrogen and oxygen atoms in total. The van der Waals surface area contributed by atoms with Crippen LogP contribution in [0.2, 0.25) is 0 Å². The number of hydrogen-bond donors (Lipinski definition) is 1. The maximum Gasteiger partial charge on any atom is 0.354 e. The van der Waals surface area contributed by atoms with E-state index >= 15 is 0 Å². The van der Waals surface area contributed by atoms with Crippen molar-refractivity contribution in [2.45, 2.75) is 27.7 Å². The molecule has 2 rings (SSSR count). The van der Waals surface area contributed by atoms with Crippen molar-refractivity contribution in [3.8, 4) is 11.5 Å². The standard InChI is InChI=1S/C18H21NO4S/c1-11-10-14(19-17(21)18(2,3)4)24-15(11)16(20)23-13-9-7-6-8-12(13)22-5/h6-10H,1-5H3,(H,19,21). The van der Waals surface area contributed by atoms with Gasteiger partial charge in [0.2, 0.25) is 5.91 Å². The van der Waals surface area contributed by atoms with Gasteiger partial charge in [-0.2, -0.15) is 0 Å². The Hall–Kier alpha value is -2.34. The number of aryl methyl sites for hydroxylation is 1. The van der Waals surface area contributed by atoms with E-state index in [1.807, 2.05) is 27.7 Å². The number of hydrogen-bond acceptors (Lipinski definition) is 5. The van der Waals surface area contributed by atoms with E-state index < -0.39 is 11.4 Å². The lowest BCUT2D eigenvalue weighted by molar-refractivity contribution is -0.123. The molecule has 24 heavy (non-hydrogen) atoms. The van der Waals surface area contributed by atoms with Gasteiger partial charge in [0.15, 0.2) is 11.5 Å². The Bertz CT molecular complexity index is 759. The first-order chi connectivity index (χ1) is 11.2. The van der Waals surface area contributed by atoms with E-state index in [0.717, 1.165) is 5.56 Å². The predicted octanol–water partition coefficient (Wildman–Crippen LogP) is 4.27. The minimum atomic E-state index is -0.504. The summed E-state index contributed by atoms with van der Waals surface area (Å²) in [6.45, 7) is 7.31. The number of anilines is 1. The van der Waals surface area contributed by atoms with Crippen LogP contribution in [0, 0.1) is 12.3 Å². The lowest BCUT2D eigenvalue weighted by Crippen LogP contribution is -2.27. The van der Waals surface area contributed by atoms with Gasteiger partial charge in [0.05, 0.1) is 12.1 Å². The lowest BCUT2D eigenvalue weighted by atomic mass is 9.96. The minimum Gasteiger partial charge on any atom is -0.493 e. The number of esters is 1. The molecule has 0 aliphatic rings. The van der Waals surface area contributed by atoms with Gasteiger partial charge in [0.25, 0.3) is 0 Å². The molecule has 6 heteroatoms. The van der Waals surface area contributed by atoms with Crippen molar-refractivity contribution in [1.29, 1.82) is 0 Å². The normalized spacial score (nSPS) is 11.0. The quantitative estimate of drug-likeness (QED) is 0.663. The molecule has 0 radical (unpaired) electrons. The van der Waals surface area contributed by atoms with Crippen molar-refractivity contribution in [3.05, 3.63) is 40.8 Å². The van der Waals surface area contributed by atoms with E-state index in [1.165, 1.54) is 18.4 Å². The summed E-state index contributed by atoms with van der Waals surface area (Å²) in [6.07, 6.45) is 0. The van der Waals surface area contributed by atoms with Crippen LogP contribution in [-0.4, -0.2) is 19.0 Å². The van der Waals surface area contributed by atoms with E-state index in [4.69, 9.17) is 9.47 Å². The summed E-state index contributed by atoms with van der Waals surface area (Å²) in [5, 5.41) is 3.46. The first-order valence-corrected chi connectivity index (χ1v) is 8.31. The van der Waals surface area contributed by atoms with Crippen LogP contribution in [0.15, 0.2) is 30.3 Å². The fourth-order valence-corrected chi connectivity index (χ4v) is 2.84. The van der Waals surface area contributed by atoms with Crippen LogP contribution in [0.1, 0.15) is 36.0 Å². The molecule has 1 amide bonds. The maximum absolute atomic E-state index is 12.4. The first-order valence-electron chi connectivity index (χ1n) is 7.49. The zero-order valence-corrected chi connectivity index (χ0v) is 15.2. The number of para-hydroxylation sites is 2. The van der Waals surface area contributed by atoms with Gasteiger partial charge in [-0.1, -0.05) is 32.9 Å². The third kappa shape index (κ3) is 4.14. The molecule has 0 unspecified atom stereocenters. The Morgan fingerprint density at radius 3 is 2.33 bits per heavy atom. The molecule has 0 spiro atoms. The number of thiophene rings is 1. The molecule has 1 N–H and O–H groups in total. The van der Waals surface area contributed by atoms with Gasteiger partial charge in [-0.25, -0.2) is 4.79 Å². The molecule has 0 saturated heterocycles. The summed E-state index contributed by atoms with van der Waals surface area (Å²) in [5.41, 5.74) is 0.250. The fourth-order valence-electron chi connectivity index (χ4n) is 1.90. The fraction of sp³-hybridized carbons (Fsp3) is 0.333. The summed E-state index contributed by atoms with van der Waals surface area (Å²) >= 11 is 1.20. The Morgan fingerprint density at radius 1 is 1.12 bits per heavy atom. The molecule has 1 aromatic carbocycles. The molecule has 1 heterocycles. The molecule has 0 aliphatic heterocycles. The average molecular weight is 347 g/mol. The summed E-state index contributed by atoms with van der Waals surface area (Å²) in [5.74, 6) is 0.269. The van der Waals surface area contributed by atoms with Crippen LogP contribution in [0.3, 0.4) is 0 Å². The number of nitrogens with one attached hydrogen (secondary N) is 1. The molecule has 1 aromatic heterocycles. The SMILES string of the molecule is COc1ccccc1OC(=O)c1sc(NC(=O)C(C)(C)C)cc1C. The van der Waals surface area contributed by atoms with E-state index in [9.17, 15) is 9.59 Å². The highest BCUT2D eigenvalue weighted by Gasteiger charge is 2.23. The Labute approximate surface area is 145 Å². The highest BCUT2D eigenvalue weighted by Crippen LogP contribution is 2.31. The van der Waals surface area contributed by atoms with Crippen LogP contribution in [-0.2, 0) is 4.79 Å². The lowest BCUT2D eigenvalue weighted by Gasteiger charge is -2.16. The van der Waals surface area contributed by atoms with Crippen molar-refractivity contribution in [2.24, 2.45) is 5.41 Å².